The summed E-state index contributed by atoms with van der Waals surface area (Å²) in [4.78, 5) is 3.25. The Hall–Kier alpha value is -1.25. The molecule has 0 fully saturated rings. The van der Waals surface area contributed by atoms with E-state index in [-0.39, 0.29) is 5.54 Å². The van der Waals surface area contributed by atoms with Gasteiger partial charge in [0.2, 0.25) is 0 Å². The van der Waals surface area contributed by atoms with E-state index in [1.54, 1.807) is 0 Å². The maximum atomic E-state index is 5.97. The number of H-pyrrole nitrogens is 1. The number of hydrogen-bond donors (Lipinski definition) is 2. The molecule has 90 valence electrons. The summed E-state index contributed by atoms with van der Waals surface area (Å²) in [6.45, 7) is 6.02. The molecule has 0 unspecified atom stereocenters. The van der Waals surface area contributed by atoms with Crippen LogP contribution in [0.1, 0.15) is 12.5 Å². The molecular weight excluding hydrogens is 232 g/mol. The van der Waals surface area contributed by atoms with Crippen molar-refractivity contribution in [1.82, 2.24) is 10.3 Å². The lowest BCUT2D eigenvalue weighted by Crippen LogP contribution is -2.39. The predicted molar refractivity (Wildman–Crippen MR) is 74.7 cm³/mol. The lowest BCUT2D eigenvalue weighted by molar-refractivity contribution is 0.478. The number of benzene rings is 1. The minimum atomic E-state index is -0.0885. The highest BCUT2D eigenvalue weighted by atomic mass is 35.5. The van der Waals surface area contributed by atoms with Crippen LogP contribution in [0.2, 0.25) is 5.02 Å². The molecule has 1 heterocycles. The normalized spacial score (nSPS) is 14.8. The van der Waals surface area contributed by atoms with Gasteiger partial charge in [0.25, 0.3) is 0 Å². The van der Waals surface area contributed by atoms with Gasteiger partial charge in [0.1, 0.15) is 0 Å². The third kappa shape index (κ3) is 2.38. The smallest absolute Gasteiger partial charge is 0.0471 e. The molecule has 0 bridgehead atoms. The molecule has 1 aromatic heterocycles. The van der Waals surface area contributed by atoms with E-state index in [0.717, 1.165) is 17.0 Å². The SMILES string of the molecule is C=C[C@](C)(Cc1c[nH]c2cc(Cl)ccc12)NC. The monoisotopic (exact) mass is 248 g/mol. The quantitative estimate of drug-likeness (QED) is 0.796. The van der Waals surface area contributed by atoms with E-state index in [1.165, 1.54) is 10.9 Å². The van der Waals surface area contributed by atoms with Crippen LogP contribution in [0.15, 0.2) is 37.1 Å². The molecule has 3 heteroatoms. The van der Waals surface area contributed by atoms with Crippen LogP contribution >= 0.6 is 11.6 Å². The lowest BCUT2D eigenvalue weighted by Gasteiger charge is -2.24. The molecule has 2 N–H and O–H groups in total. The van der Waals surface area contributed by atoms with Gasteiger partial charge in [-0.25, -0.2) is 0 Å². The average Bonchev–Trinajstić information content (AvgIpc) is 2.71. The summed E-state index contributed by atoms with van der Waals surface area (Å²) in [6.07, 6.45) is 4.89. The highest BCUT2D eigenvalue weighted by Gasteiger charge is 2.19. The van der Waals surface area contributed by atoms with Crippen LogP contribution in [0.5, 0.6) is 0 Å². The van der Waals surface area contributed by atoms with Crippen molar-refractivity contribution in [1.29, 1.82) is 0 Å². The zero-order chi connectivity index (χ0) is 12.5. The Bertz CT molecular complexity index is 544. The first-order chi connectivity index (χ1) is 8.08. The third-order valence-corrected chi connectivity index (χ3v) is 3.54. The fraction of sp³-hybridized carbons (Fsp3) is 0.286. The van der Waals surface area contributed by atoms with Crippen molar-refractivity contribution < 1.29 is 0 Å². The van der Waals surface area contributed by atoms with Crippen molar-refractivity contribution in [2.75, 3.05) is 7.05 Å². The van der Waals surface area contributed by atoms with Crippen LogP contribution in [-0.4, -0.2) is 17.6 Å². The van der Waals surface area contributed by atoms with Gasteiger partial charge in [0.05, 0.1) is 0 Å². The number of halogens is 1. The van der Waals surface area contributed by atoms with Crippen LogP contribution in [0, 0.1) is 0 Å². The zero-order valence-electron chi connectivity index (χ0n) is 10.2. The van der Waals surface area contributed by atoms with Crippen LogP contribution in [0.3, 0.4) is 0 Å². The van der Waals surface area contributed by atoms with E-state index >= 15 is 0 Å². The Morgan fingerprint density at radius 3 is 2.94 bits per heavy atom. The summed E-state index contributed by atoms with van der Waals surface area (Å²) in [7, 11) is 1.95. The van der Waals surface area contributed by atoms with E-state index in [1.807, 2.05) is 31.5 Å². The standard InChI is InChI=1S/C14H17ClN2/c1-4-14(2,16-3)8-10-9-17-13-7-11(15)5-6-12(10)13/h4-7,9,16-17H,1,8H2,2-3H3/t14-/m1/s1. The molecule has 0 saturated carbocycles. The Morgan fingerprint density at radius 2 is 2.29 bits per heavy atom. The van der Waals surface area contributed by atoms with Gasteiger partial charge in [-0.2, -0.15) is 0 Å². The second-order valence-corrected chi connectivity index (χ2v) is 4.99. The zero-order valence-corrected chi connectivity index (χ0v) is 10.9. The van der Waals surface area contributed by atoms with Gasteiger partial charge in [-0.05, 0) is 38.1 Å². The molecule has 1 aromatic carbocycles. The number of aromatic amines is 1. The fourth-order valence-corrected chi connectivity index (χ4v) is 2.14. The van der Waals surface area contributed by atoms with Gasteiger partial charge in [-0.3, -0.25) is 0 Å². The van der Waals surface area contributed by atoms with E-state index in [0.29, 0.717) is 0 Å². The van der Waals surface area contributed by atoms with Crippen LogP contribution < -0.4 is 5.32 Å². The first kappa shape index (κ1) is 12.2. The Labute approximate surface area is 107 Å². The van der Waals surface area contributed by atoms with Crippen molar-refractivity contribution in [3.63, 3.8) is 0 Å². The van der Waals surface area contributed by atoms with E-state index in [4.69, 9.17) is 11.6 Å². The van der Waals surface area contributed by atoms with Gasteiger partial charge in [0.15, 0.2) is 0 Å². The van der Waals surface area contributed by atoms with E-state index in [9.17, 15) is 0 Å². The van der Waals surface area contributed by atoms with Crippen molar-refractivity contribution in [2.24, 2.45) is 0 Å². The van der Waals surface area contributed by atoms with Crippen molar-refractivity contribution >= 4 is 22.5 Å². The molecule has 0 saturated heterocycles. The van der Waals surface area contributed by atoms with Gasteiger partial charge < -0.3 is 10.3 Å². The molecule has 0 aliphatic heterocycles. The number of hydrogen-bond acceptors (Lipinski definition) is 1. The molecule has 0 aliphatic rings. The summed E-state index contributed by atoms with van der Waals surface area (Å²) in [6, 6.07) is 5.93. The second kappa shape index (κ2) is 4.55. The molecule has 17 heavy (non-hydrogen) atoms. The van der Waals surface area contributed by atoms with Gasteiger partial charge in [-0.15, -0.1) is 6.58 Å². The topological polar surface area (TPSA) is 27.8 Å². The van der Waals surface area contributed by atoms with Crippen LogP contribution in [0.4, 0.5) is 0 Å². The Balaban J connectivity index is 2.40. The number of nitrogens with one attached hydrogen (secondary N) is 2. The molecule has 0 amide bonds. The van der Waals surface area contributed by atoms with Crippen molar-refractivity contribution in [3.05, 3.63) is 47.6 Å². The molecule has 1 atom stereocenters. The molecule has 0 aliphatic carbocycles. The van der Waals surface area contributed by atoms with Crippen LogP contribution in [-0.2, 0) is 6.42 Å². The summed E-state index contributed by atoms with van der Waals surface area (Å²) in [5.74, 6) is 0. The Morgan fingerprint density at radius 1 is 1.53 bits per heavy atom. The van der Waals surface area contributed by atoms with Crippen LogP contribution in [0.25, 0.3) is 10.9 Å². The third-order valence-electron chi connectivity index (χ3n) is 3.31. The Kier molecular flexibility index (Phi) is 3.27. The number of likely N-dealkylation sites (N-methyl/N-ethyl adjacent to an activating group) is 1. The first-order valence-corrected chi connectivity index (χ1v) is 6.04. The van der Waals surface area contributed by atoms with E-state index < -0.39 is 0 Å². The first-order valence-electron chi connectivity index (χ1n) is 5.66. The largest absolute Gasteiger partial charge is 0.361 e. The summed E-state index contributed by atoms with van der Waals surface area (Å²) < 4.78 is 0. The highest BCUT2D eigenvalue weighted by molar-refractivity contribution is 6.31. The molecular formula is C14H17ClN2. The molecule has 0 radical (unpaired) electrons. The summed E-state index contributed by atoms with van der Waals surface area (Å²) >= 11 is 5.97. The minimum absolute atomic E-state index is 0.0885. The minimum Gasteiger partial charge on any atom is -0.361 e. The van der Waals surface area contributed by atoms with Gasteiger partial charge in [-0.1, -0.05) is 23.7 Å². The molecule has 2 aromatic rings. The van der Waals surface area contributed by atoms with Gasteiger partial charge in [0, 0.05) is 27.7 Å². The maximum Gasteiger partial charge on any atom is 0.0471 e. The van der Waals surface area contributed by atoms with Crippen molar-refractivity contribution in [2.45, 2.75) is 18.9 Å². The average molecular weight is 249 g/mol. The molecule has 2 nitrogen and oxygen atoms in total. The molecule has 2 rings (SSSR count). The summed E-state index contributed by atoms with van der Waals surface area (Å²) in [5, 5.41) is 5.26. The number of fused-ring (bicyclic) bond motifs is 1. The van der Waals surface area contributed by atoms with Gasteiger partial charge >= 0.3 is 0 Å². The fourth-order valence-electron chi connectivity index (χ4n) is 1.96. The maximum absolute atomic E-state index is 5.97. The highest BCUT2D eigenvalue weighted by Crippen LogP contribution is 2.25. The number of rotatable bonds is 4. The lowest BCUT2D eigenvalue weighted by atomic mass is 9.93. The van der Waals surface area contributed by atoms with E-state index in [2.05, 4.69) is 29.9 Å². The number of aromatic nitrogens is 1. The predicted octanol–water partition coefficient (Wildman–Crippen LogP) is 3.53. The summed E-state index contributed by atoms with van der Waals surface area (Å²) in [5.41, 5.74) is 2.26. The molecule has 0 spiro atoms. The van der Waals surface area contributed by atoms with Crippen molar-refractivity contribution in [3.8, 4) is 0 Å². The second-order valence-electron chi connectivity index (χ2n) is 4.55.